The van der Waals surface area contributed by atoms with Gasteiger partial charge in [0, 0.05) is 35.8 Å². The smallest absolute Gasteiger partial charge is 0.251 e. The van der Waals surface area contributed by atoms with E-state index in [1.54, 1.807) is 0 Å². The van der Waals surface area contributed by atoms with Crippen LogP contribution in [0.15, 0.2) is 54.6 Å². The highest BCUT2D eigenvalue weighted by Crippen LogP contribution is 2.52. The molecule has 6 rings (SSSR count). The topological polar surface area (TPSA) is 61.4 Å². The molecule has 0 bridgehead atoms. The molecular weight excluding hydrogens is 410 g/mol. The van der Waals surface area contributed by atoms with Crippen LogP contribution in [-0.2, 0) is 4.79 Å². The number of para-hydroxylation sites is 1. The molecule has 2 N–H and O–H groups in total. The molecule has 2 aliphatic carbocycles. The van der Waals surface area contributed by atoms with Crippen molar-refractivity contribution in [2.24, 2.45) is 17.8 Å². The fourth-order valence-electron chi connectivity index (χ4n) is 6.59. The maximum absolute atomic E-state index is 14.0. The number of carbonyl (C=O) groups is 2. The Balaban J connectivity index is 1.25. The van der Waals surface area contributed by atoms with E-state index in [0.717, 1.165) is 44.6 Å². The van der Waals surface area contributed by atoms with Gasteiger partial charge in [0.15, 0.2) is 0 Å². The first-order valence-electron chi connectivity index (χ1n) is 12.7. The molecular formula is C28H33N3O2. The van der Waals surface area contributed by atoms with Crippen LogP contribution in [0, 0.1) is 17.8 Å². The third-order valence-corrected chi connectivity index (χ3v) is 8.36. The van der Waals surface area contributed by atoms with Crippen LogP contribution in [0.25, 0.3) is 0 Å². The number of carbonyl (C=O) groups excluding carboxylic acids is 2. The lowest BCUT2D eigenvalue weighted by molar-refractivity contribution is -0.138. The van der Waals surface area contributed by atoms with Crippen LogP contribution in [0.2, 0.25) is 0 Å². The summed E-state index contributed by atoms with van der Waals surface area (Å²) in [6.45, 7) is 0.823. The zero-order chi connectivity index (χ0) is 22.4. The third-order valence-electron chi connectivity index (χ3n) is 8.36. The predicted molar refractivity (Wildman–Crippen MR) is 129 cm³/mol. The minimum absolute atomic E-state index is 0.0689. The maximum Gasteiger partial charge on any atom is 0.251 e. The quantitative estimate of drug-likeness (QED) is 0.716. The number of hydrogen-bond donors (Lipinski definition) is 2. The van der Waals surface area contributed by atoms with Gasteiger partial charge in [0.1, 0.15) is 0 Å². The van der Waals surface area contributed by atoms with Crippen molar-refractivity contribution in [3.63, 3.8) is 0 Å². The summed E-state index contributed by atoms with van der Waals surface area (Å²) in [7, 11) is 0. The Bertz CT molecular complexity index is 1030. The van der Waals surface area contributed by atoms with Gasteiger partial charge < -0.3 is 15.5 Å². The van der Waals surface area contributed by atoms with Crippen LogP contribution in [0.1, 0.15) is 66.9 Å². The van der Waals surface area contributed by atoms with Crippen LogP contribution in [0.5, 0.6) is 0 Å². The zero-order valence-corrected chi connectivity index (χ0v) is 19.1. The molecule has 0 spiro atoms. The summed E-state index contributed by atoms with van der Waals surface area (Å²) in [5.41, 5.74) is 3.13. The standard InChI is InChI=1S/C28H33N3O2/c32-27(19-8-2-1-3-9-19)30-24-13-7-5-11-21(24)28(33)31-17-16-22-25(18-14-15-18)29-23-12-6-4-10-20(23)26(22)31/h1-4,6,8-10,12,18,21-22,24-26,29H,5,7,11,13-17H2,(H,30,32)/t21-,22?,24+,25?,26?/m0/s1. The Kier molecular flexibility index (Phi) is 5.35. The third kappa shape index (κ3) is 3.81. The molecule has 2 heterocycles. The molecule has 2 aliphatic heterocycles. The first kappa shape index (κ1) is 20.8. The molecule has 4 aliphatic rings. The molecule has 2 aromatic carbocycles. The molecule has 33 heavy (non-hydrogen) atoms. The second kappa shape index (κ2) is 8.51. The second-order valence-corrected chi connectivity index (χ2v) is 10.4. The van der Waals surface area contributed by atoms with Crippen LogP contribution in [0.3, 0.4) is 0 Å². The lowest BCUT2D eigenvalue weighted by Gasteiger charge is -2.42. The van der Waals surface area contributed by atoms with Gasteiger partial charge in [-0.2, -0.15) is 0 Å². The average molecular weight is 444 g/mol. The van der Waals surface area contributed by atoms with E-state index < -0.39 is 0 Å². The van der Waals surface area contributed by atoms with E-state index in [1.165, 1.54) is 24.1 Å². The first-order valence-corrected chi connectivity index (χ1v) is 12.7. The fraction of sp³-hybridized carbons (Fsp3) is 0.500. The molecule has 1 saturated heterocycles. The van der Waals surface area contributed by atoms with Crippen molar-refractivity contribution < 1.29 is 9.59 Å². The van der Waals surface area contributed by atoms with E-state index in [0.29, 0.717) is 17.5 Å². The molecule has 3 unspecified atom stereocenters. The largest absolute Gasteiger partial charge is 0.381 e. The predicted octanol–water partition coefficient (Wildman–Crippen LogP) is 4.77. The fourth-order valence-corrected chi connectivity index (χ4v) is 6.59. The highest BCUT2D eigenvalue weighted by molar-refractivity contribution is 5.94. The van der Waals surface area contributed by atoms with Gasteiger partial charge in [0.25, 0.3) is 5.91 Å². The molecule has 172 valence electrons. The van der Waals surface area contributed by atoms with E-state index in [2.05, 4.69) is 39.8 Å². The zero-order valence-electron chi connectivity index (χ0n) is 19.1. The summed E-state index contributed by atoms with van der Waals surface area (Å²) >= 11 is 0. The molecule has 3 fully saturated rings. The van der Waals surface area contributed by atoms with Crippen LogP contribution < -0.4 is 10.6 Å². The van der Waals surface area contributed by atoms with Gasteiger partial charge in [-0.1, -0.05) is 49.2 Å². The molecule has 0 aromatic heterocycles. The Morgan fingerprint density at radius 1 is 0.879 bits per heavy atom. The van der Waals surface area contributed by atoms with Crippen LogP contribution >= 0.6 is 0 Å². The Labute approximate surface area is 195 Å². The van der Waals surface area contributed by atoms with Gasteiger partial charge in [-0.15, -0.1) is 0 Å². The molecule has 2 amide bonds. The summed E-state index contributed by atoms with van der Waals surface area (Å²) in [4.78, 5) is 29.1. The monoisotopic (exact) mass is 443 g/mol. The highest BCUT2D eigenvalue weighted by Gasteiger charge is 2.51. The summed E-state index contributed by atoms with van der Waals surface area (Å²) in [6, 6.07) is 18.5. The maximum atomic E-state index is 14.0. The normalized spacial score (nSPS) is 30.7. The van der Waals surface area contributed by atoms with E-state index in [1.807, 2.05) is 30.3 Å². The number of fused-ring (bicyclic) bond motifs is 3. The van der Waals surface area contributed by atoms with Gasteiger partial charge in [-0.25, -0.2) is 0 Å². The van der Waals surface area contributed by atoms with Crippen molar-refractivity contribution in [3.8, 4) is 0 Å². The summed E-state index contributed by atoms with van der Waals surface area (Å²) in [6.07, 6.45) is 7.51. The van der Waals surface area contributed by atoms with E-state index in [-0.39, 0.29) is 29.8 Å². The molecule has 2 saturated carbocycles. The summed E-state index contributed by atoms with van der Waals surface area (Å²) < 4.78 is 0. The lowest BCUT2D eigenvalue weighted by Crippen LogP contribution is -2.50. The molecule has 2 aromatic rings. The minimum Gasteiger partial charge on any atom is -0.381 e. The number of benzene rings is 2. The van der Waals surface area contributed by atoms with Gasteiger partial charge in [0.05, 0.1) is 12.0 Å². The molecule has 5 heteroatoms. The number of anilines is 1. The molecule has 5 nitrogen and oxygen atoms in total. The van der Waals surface area contributed by atoms with Crippen molar-refractivity contribution in [1.82, 2.24) is 10.2 Å². The first-order chi connectivity index (χ1) is 16.2. The van der Waals surface area contributed by atoms with Crippen LogP contribution in [0.4, 0.5) is 5.69 Å². The Hall–Kier alpha value is -2.82. The van der Waals surface area contributed by atoms with Crippen LogP contribution in [-0.4, -0.2) is 35.3 Å². The summed E-state index contributed by atoms with van der Waals surface area (Å²) in [5, 5.41) is 7.05. The number of nitrogens with zero attached hydrogens (tertiary/aromatic N) is 1. The van der Waals surface area contributed by atoms with Gasteiger partial charge in [-0.05, 0) is 61.8 Å². The lowest BCUT2D eigenvalue weighted by atomic mass is 9.79. The number of likely N-dealkylation sites (tertiary alicyclic amines) is 1. The highest BCUT2D eigenvalue weighted by atomic mass is 16.2. The Morgan fingerprint density at radius 3 is 2.45 bits per heavy atom. The van der Waals surface area contributed by atoms with Crippen molar-refractivity contribution in [3.05, 3.63) is 65.7 Å². The van der Waals surface area contributed by atoms with Crippen molar-refractivity contribution >= 4 is 17.5 Å². The molecule has 0 radical (unpaired) electrons. The van der Waals surface area contributed by atoms with E-state index in [9.17, 15) is 9.59 Å². The van der Waals surface area contributed by atoms with E-state index >= 15 is 0 Å². The second-order valence-electron chi connectivity index (χ2n) is 10.4. The Morgan fingerprint density at radius 2 is 1.64 bits per heavy atom. The average Bonchev–Trinajstić information content (AvgIpc) is 3.61. The van der Waals surface area contributed by atoms with Crippen molar-refractivity contribution in [2.45, 2.75) is 63.1 Å². The number of nitrogens with one attached hydrogen (secondary N) is 2. The summed E-state index contributed by atoms with van der Waals surface area (Å²) in [5.74, 6) is 1.27. The molecule has 5 atom stereocenters. The number of amides is 2. The van der Waals surface area contributed by atoms with Gasteiger partial charge >= 0.3 is 0 Å². The van der Waals surface area contributed by atoms with Crippen molar-refractivity contribution in [1.29, 1.82) is 0 Å². The number of rotatable bonds is 4. The van der Waals surface area contributed by atoms with Gasteiger partial charge in [0.2, 0.25) is 5.91 Å². The van der Waals surface area contributed by atoms with E-state index in [4.69, 9.17) is 0 Å². The minimum atomic E-state index is -0.133. The number of hydrogen-bond acceptors (Lipinski definition) is 3. The van der Waals surface area contributed by atoms with Crippen molar-refractivity contribution in [2.75, 3.05) is 11.9 Å². The SMILES string of the molecule is O=C(N[C@@H]1CCCC[C@@H]1C(=O)N1CCC2C(C3CC3)Nc3ccccc3C21)c1ccccc1. The van der Waals surface area contributed by atoms with Gasteiger partial charge in [-0.3, -0.25) is 9.59 Å².